The van der Waals surface area contributed by atoms with Crippen LogP contribution in [-0.2, 0) is 12.7 Å². The third-order valence-corrected chi connectivity index (χ3v) is 4.90. The molecule has 0 spiro atoms. The summed E-state index contributed by atoms with van der Waals surface area (Å²) >= 11 is 0. The fraction of sp³-hybridized carbons (Fsp3) is 0.381. The molecule has 1 atom stereocenters. The molecule has 1 saturated heterocycles. The van der Waals surface area contributed by atoms with Gasteiger partial charge in [-0.3, -0.25) is 4.99 Å². The number of benzene rings is 2. The molecule has 1 heterocycles. The van der Waals surface area contributed by atoms with Crippen LogP contribution in [0.25, 0.3) is 0 Å². The molecule has 1 aliphatic rings. The number of hydrogen-bond donors (Lipinski definition) is 2. The molecule has 3 rings (SSSR count). The van der Waals surface area contributed by atoms with Gasteiger partial charge in [0.25, 0.3) is 0 Å². The Morgan fingerprint density at radius 2 is 1.89 bits per heavy atom. The molecule has 0 amide bonds. The molecule has 150 valence electrons. The van der Waals surface area contributed by atoms with E-state index in [-0.39, 0.29) is 6.54 Å². The van der Waals surface area contributed by atoms with E-state index in [4.69, 9.17) is 0 Å². The standard InChI is InChI=1S/C21H25F3N4/c1-25-20(26-13-16-6-5-7-18(12-16)21(22,23)24)27-14-17-10-11-28(15-17)19-8-3-2-4-9-19/h2-9,12,17H,10-11,13-15H2,1H3,(H2,25,26,27). The van der Waals surface area contributed by atoms with Crippen LogP contribution in [0.4, 0.5) is 18.9 Å². The van der Waals surface area contributed by atoms with Crippen LogP contribution >= 0.6 is 0 Å². The second-order valence-corrected chi connectivity index (χ2v) is 6.94. The number of alkyl halides is 3. The summed E-state index contributed by atoms with van der Waals surface area (Å²) in [5.74, 6) is 1.09. The van der Waals surface area contributed by atoms with Gasteiger partial charge in [-0.15, -0.1) is 0 Å². The summed E-state index contributed by atoms with van der Waals surface area (Å²) in [5.41, 5.74) is 1.16. The summed E-state index contributed by atoms with van der Waals surface area (Å²) < 4.78 is 38.5. The summed E-state index contributed by atoms with van der Waals surface area (Å²) in [4.78, 5) is 6.54. The van der Waals surface area contributed by atoms with E-state index in [0.29, 0.717) is 17.4 Å². The molecule has 2 aromatic rings. The summed E-state index contributed by atoms with van der Waals surface area (Å²) in [6, 6.07) is 15.7. The van der Waals surface area contributed by atoms with E-state index in [1.54, 1.807) is 13.1 Å². The largest absolute Gasteiger partial charge is 0.416 e. The zero-order valence-corrected chi connectivity index (χ0v) is 15.8. The SMILES string of the molecule is CN=C(NCc1cccc(C(F)(F)F)c1)NCC1CCN(c2ccccc2)C1. The molecule has 7 heteroatoms. The van der Waals surface area contributed by atoms with E-state index >= 15 is 0 Å². The minimum Gasteiger partial charge on any atom is -0.371 e. The van der Waals surface area contributed by atoms with Gasteiger partial charge in [-0.05, 0) is 42.2 Å². The van der Waals surface area contributed by atoms with Crippen molar-refractivity contribution in [3.05, 3.63) is 65.7 Å². The lowest BCUT2D eigenvalue weighted by atomic mass is 10.1. The van der Waals surface area contributed by atoms with Crippen LogP contribution in [0, 0.1) is 5.92 Å². The first kappa shape index (κ1) is 20.0. The molecule has 4 nitrogen and oxygen atoms in total. The van der Waals surface area contributed by atoms with Crippen LogP contribution < -0.4 is 15.5 Å². The highest BCUT2D eigenvalue weighted by atomic mass is 19.4. The highest BCUT2D eigenvalue weighted by molar-refractivity contribution is 5.79. The van der Waals surface area contributed by atoms with Crippen LogP contribution in [0.2, 0.25) is 0 Å². The molecule has 2 aromatic carbocycles. The van der Waals surface area contributed by atoms with Gasteiger partial charge in [-0.2, -0.15) is 13.2 Å². The third-order valence-electron chi connectivity index (χ3n) is 4.90. The Bertz CT molecular complexity index is 790. The van der Waals surface area contributed by atoms with Crippen molar-refractivity contribution in [2.75, 3.05) is 31.6 Å². The van der Waals surface area contributed by atoms with Crippen LogP contribution in [0.5, 0.6) is 0 Å². The summed E-state index contributed by atoms with van der Waals surface area (Å²) in [6.45, 7) is 3.05. The molecule has 0 bridgehead atoms. The van der Waals surface area contributed by atoms with E-state index in [1.807, 2.05) is 18.2 Å². The second-order valence-electron chi connectivity index (χ2n) is 6.94. The van der Waals surface area contributed by atoms with Crippen molar-refractivity contribution in [3.8, 4) is 0 Å². The quantitative estimate of drug-likeness (QED) is 0.601. The Balaban J connectivity index is 1.47. The lowest BCUT2D eigenvalue weighted by Crippen LogP contribution is -2.40. The lowest BCUT2D eigenvalue weighted by Gasteiger charge is -2.19. The van der Waals surface area contributed by atoms with Gasteiger partial charge >= 0.3 is 6.18 Å². The number of aliphatic imine (C=N–C) groups is 1. The molecule has 0 aromatic heterocycles. The number of guanidine groups is 1. The smallest absolute Gasteiger partial charge is 0.371 e. The summed E-state index contributed by atoms with van der Waals surface area (Å²) in [6.07, 6.45) is -3.24. The molecular formula is C21H25F3N4. The Morgan fingerprint density at radius 3 is 2.61 bits per heavy atom. The van der Waals surface area contributed by atoms with E-state index in [1.165, 1.54) is 11.8 Å². The van der Waals surface area contributed by atoms with Crippen LogP contribution in [-0.4, -0.2) is 32.6 Å². The van der Waals surface area contributed by atoms with Gasteiger partial charge < -0.3 is 15.5 Å². The van der Waals surface area contributed by atoms with Gasteiger partial charge in [-0.1, -0.05) is 30.3 Å². The Morgan fingerprint density at radius 1 is 1.11 bits per heavy atom. The predicted octanol–water partition coefficient (Wildman–Crippen LogP) is 3.90. The maximum absolute atomic E-state index is 12.8. The molecule has 2 N–H and O–H groups in total. The van der Waals surface area contributed by atoms with Crippen molar-refractivity contribution < 1.29 is 13.2 Å². The topological polar surface area (TPSA) is 39.7 Å². The van der Waals surface area contributed by atoms with Crippen molar-refractivity contribution in [2.45, 2.75) is 19.1 Å². The number of nitrogens with zero attached hydrogens (tertiary/aromatic N) is 2. The number of hydrogen-bond acceptors (Lipinski definition) is 2. The average molecular weight is 390 g/mol. The first-order chi connectivity index (χ1) is 13.5. The molecule has 1 aliphatic heterocycles. The van der Waals surface area contributed by atoms with Crippen LogP contribution in [0.1, 0.15) is 17.5 Å². The highest BCUT2D eigenvalue weighted by Crippen LogP contribution is 2.29. The normalized spacial score (nSPS) is 17.6. The molecule has 28 heavy (non-hydrogen) atoms. The molecule has 0 saturated carbocycles. The van der Waals surface area contributed by atoms with E-state index < -0.39 is 11.7 Å². The number of para-hydroxylation sites is 1. The molecular weight excluding hydrogens is 365 g/mol. The number of halogens is 3. The summed E-state index contributed by atoms with van der Waals surface area (Å²) in [7, 11) is 1.66. The van der Waals surface area contributed by atoms with Gasteiger partial charge in [0, 0.05) is 38.9 Å². The van der Waals surface area contributed by atoms with Crippen molar-refractivity contribution >= 4 is 11.6 Å². The van der Waals surface area contributed by atoms with Crippen molar-refractivity contribution in [3.63, 3.8) is 0 Å². The van der Waals surface area contributed by atoms with E-state index in [0.717, 1.165) is 38.2 Å². The zero-order chi connectivity index (χ0) is 20.0. The van der Waals surface area contributed by atoms with Gasteiger partial charge in [0.15, 0.2) is 5.96 Å². The Kier molecular flexibility index (Phi) is 6.44. The predicted molar refractivity (Wildman–Crippen MR) is 106 cm³/mol. The average Bonchev–Trinajstić information content (AvgIpc) is 3.17. The third kappa shape index (κ3) is 5.41. The maximum atomic E-state index is 12.8. The maximum Gasteiger partial charge on any atom is 0.416 e. The molecule has 1 unspecified atom stereocenters. The lowest BCUT2D eigenvalue weighted by molar-refractivity contribution is -0.137. The van der Waals surface area contributed by atoms with Crippen LogP contribution in [0.15, 0.2) is 59.6 Å². The number of rotatable bonds is 5. The van der Waals surface area contributed by atoms with Crippen LogP contribution in [0.3, 0.4) is 0 Å². The number of anilines is 1. The zero-order valence-electron chi connectivity index (χ0n) is 15.8. The van der Waals surface area contributed by atoms with Gasteiger partial charge in [0.2, 0.25) is 0 Å². The van der Waals surface area contributed by atoms with E-state index in [2.05, 4.69) is 32.7 Å². The van der Waals surface area contributed by atoms with Gasteiger partial charge in [-0.25, -0.2) is 0 Å². The van der Waals surface area contributed by atoms with Crippen molar-refractivity contribution in [1.82, 2.24) is 10.6 Å². The fourth-order valence-electron chi connectivity index (χ4n) is 3.38. The fourth-order valence-corrected chi connectivity index (χ4v) is 3.38. The molecule has 0 radical (unpaired) electrons. The molecule has 0 aliphatic carbocycles. The minimum atomic E-state index is -4.33. The highest BCUT2D eigenvalue weighted by Gasteiger charge is 2.30. The first-order valence-electron chi connectivity index (χ1n) is 9.36. The summed E-state index contributed by atoms with van der Waals surface area (Å²) in [5, 5.41) is 6.38. The van der Waals surface area contributed by atoms with Gasteiger partial charge in [0.1, 0.15) is 0 Å². The molecule has 1 fully saturated rings. The monoisotopic (exact) mass is 390 g/mol. The van der Waals surface area contributed by atoms with Crippen molar-refractivity contribution in [2.24, 2.45) is 10.9 Å². The number of nitrogens with one attached hydrogen (secondary N) is 2. The van der Waals surface area contributed by atoms with Gasteiger partial charge in [0.05, 0.1) is 5.56 Å². The Labute approximate surface area is 163 Å². The van der Waals surface area contributed by atoms with Crippen molar-refractivity contribution in [1.29, 1.82) is 0 Å². The first-order valence-corrected chi connectivity index (χ1v) is 9.36. The Hall–Kier alpha value is -2.70. The second kappa shape index (κ2) is 8.99. The minimum absolute atomic E-state index is 0.282. The van der Waals surface area contributed by atoms with E-state index in [9.17, 15) is 13.2 Å².